The average Bonchev–Trinajstić information content (AvgIpc) is 3.25. The molecule has 1 N–H and O–H groups in total. The molecule has 0 bridgehead atoms. The van der Waals surface area contributed by atoms with Crippen LogP contribution in [0.2, 0.25) is 0 Å². The lowest BCUT2D eigenvalue weighted by atomic mass is 10.0. The fourth-order valence-electron chi connectivity index (χ4n) is 3.66. The van der Waals surface area contributed by atoms with Gasteiger partial charge >= 0.3 is 12.1 Å². The van der Waals surface area contributed by atoms with Crippen LogP contribution in [-0.2, 0) is 4.79 Å². The van der Waals surface area contributed by atoms with E-state index in [0.717, 1.165) is 5.52 Å². The number of carbonyl (C=O) groups excluding carboxylic acids is 1. The Hall–Kier alpha value is -4.08. The highest BCUT2D eigenvalue weighted by Crippen LogP contribution is 2.31. The van der Waals surface area contributed by atoms with Gasteiger partial charge in [-0.2, -0.15) is 18.3 Å². The molecule has 0 aliphatic rings. The number of hydrogen-bond acceptors (Lipinski definition) is 4. The number of hydrogen-bond donors (Lipinski definition) is 1. The fraction of sp³-hybridized carbons (Fsp3) is 0.231. The highest BCUT2D eigenvalue weighted by Gasteiger charge is 2.40. The van der Waals surface area contributed by atoms with Gasteiger partial charge in [-0.1, -0.05) is 19.6 Å². The van der Waals surface area contributed by atoms with Crippen LogP contribution in [0.1, 0.15) is 26.0 Å². The predicted octanol–water partition coefficient (Wildman–Crippen LogP) is 6.00. The number of fused-ring (bicyclic) bond motifs is 1. The van der Waals surface area contributed by atoms with Crippen molar-refractivity contribution in [2.24, 2.45) is 0 Å². The Balaban J connectivity index is 0.00000361. The van der Waals surface area contributed by atoms with E-state index in [-0.39, 0.29) is 13.2 Å². The molecule has 190 valence electrons. The summed E-state index contributed by atoms with van der Waals surface area (Å²) in [6, 6.07) is 16.6. The Morgan fingerprint density at radius 3 is 2.42 bits per heavy atom. The summed E-state index contributed by atoms with van der Waals surface area (Å²) in [7, 11) is 1.47. The molecule has 0 saturated heterocycles. The van der Waals surface area contributed by atoms with Crippen molar-refractivity contribution in [3.8, 4) is 17.2 Å². The molecule has 4 rings (SSSR count). The molecule has 0 spiro atoms. The van der Waals surface area contributed by atoms with Gasteiger partial charge in [-0.25, -0.2) is 9.07 Å². The third-order valence-corrected chi connectivity index (χ3v) is 5.37. The summed E-state index contributed by atoms with van der Waals surface area (Å²) in [5.41, 5.74) is 1.90. The average molecular weight is 503 g/mol. The first-order valence-electron chi connectivity index (χ1n) is 10.6. The van der Waals surface area contributed by atoms with Crippen molar-refractivity contribution in [1.29, 1.82) is 0 Å². The topological polar surface area (TPSA) is 65.4 Å². The zero-order valence-corrected chi connectivity index (χ0v) is 18.7. The van der Waals surface area contributed by atoms with Gasteiger partial charge < -0.3 is 14.8 Å². The zero-order chi connectivity index (χ0) is 25.2. The van der Waals surface area contributed by atoms with Crippen molar-refractivity contribution in [3.63, 3.8) is 0 Å². The minimum Gasteiger partial charge on any atom is -0.497 e. The lowest BCUT2D eigenvalue weighted by Crippen LogP contribution is -2.45. The number of rotatable bonds is 7. The van der Waals surface area contributed by atoms with Gasteiger partial charge in [0.1, 0.15) is 23.4 Å². The molecule has 1 aromatic heterocycles. The molecule has 0 saturated carbocycles. The van der Waals surface area contributed by atoms with E-state index in [4.69, 9.17) is 9.47 Å². The molecule has 4 aromatic rings. The molecule has 0 aliphatic heterocycles. The number of ether oxygens (including phenoxy) is 2. The van der Waals surface area contributed by atoms with Gasteiger partial charge in [0.15, 0.2) is 0 Å². The maximum absolute atomic E-state index is 13.3. The number of nitrogens with zero attached hydrogens (tertiary/aromatic N) is 2. The van der Waals surface area contributed by atoms with Crippen LogP contribution in [0.4, 0.5) is 17.6 Å². The van der Waals surface area contributed by atoms with Crippen molar-refractivity contribution >= 4 is 16.8 Å². The summed E-state index contributed by atoms with van der Waals surface area (Å²) in [5, 5.41) is 7.00. The summed E-state index contributed by atoms with van der Waals surface area (Å²) < 4.78 is 64.8. The van der Waals surface area contributed by atoms with E-state index in [2.05, 4.69) is 5.10 Å². The lowest BCUT2D eigenvalue weighted by molar-refractivity contribution is -0.174. The quantitative estimate of drug-likeness (QED) is 0.315. The van der Waals surface area contributed by atoms with Gasteiger partial charge in [0, 0.05) is 5.39 Å². The van der Waals surface area contributed by atoms with E-state index in [9.17, 15) is 22.4 Å². The molecule has 0 unspecified atom stereocenters. The Labute approximate surface area is 205 Å². The Morgan fingerprint density at radius 2 is 1.75 bits per heavy atom. The van der Waals surface area contributed by atoms with Crippen LogP contribution in [0, 0.1) is 5.82 Å². The summed E-state index contributed by atoms with van der Waals surface area (Å²) in [6.07, 6.45) is -4.39. The predicted molar refractivity (Wildman–Crippen MR) is 128 cm³/mol. The van der Waals surface area contributed by atoms with Crippen LogP contribution in [0.15, 0.2) is 72.9 Å². The fourth-order valence-corrected chi connectivity index (χ4v) is 3.66. The maximum Gasteiger partial charge on any atom is 0.471 e. The molecule has 3 aromatic carbocycles. The van der Waals surface area contributed by atoms with E-state index >= 15 is 0 Å². The minimum atomic E-state index is -5.03. The number of aromatic nitrogens is 2. The van der Waals surface area contributed by atoms with Crippen LogP contribution >= 0.6 is 0 Å². The Morgan fingerprint density at radius 1 is 1.03 bits per heavy atom. The summed E-state index contributed by atoms with van der Waals surface area (Å²) >= 11 is 0. The SMILES string of the molecule is C.COc1cccc([C@@H](Oc2ccc3c(cnn3-c3ccc(F)cc3)c2)[C@H](C)NC(=O)C(F)(F)F)c1. The van der Waals surface area contributed by atoms with Crippen LogP contribution in [0.25, 0.3) is 16.6 Å². The number of halogens is 4. The van der Waals surface area contributed by atoms with E-state index < -0.39 is 24.2 Å². The third kappa shape index (κ3) is 5.76. The molecule has 0 fully saturated rings. The molecule has 36 heavy (non-hydrogen) atoms. The van der Waals surface area contributed by atoms with Crippen molar-refractivity contribution in [2.45, 2.75) is 32.7 Å². The van der Waals surface area contributed by atoms with Crippen LogP contribution in [0.5, 0.6) is 11.5 Å². The third-order valence-electron chi connectivity index (χ3n) is 5.37. The molecule has 0 aliphatic carbocycles. The van der Waals surface area contributed by atoms with Gasteiger partial charge in [0.05, 0.1) is 30.6 Å². The molecular weight excluding hydrogens is 478 g/mol. The molecular formula is C26H25F4N3O3. The first kappa shape index (κ1) is 26.5. The molecule has 6 nitrogen and oxygen atoms in total. The van der Waals surface area contributed by atoms with Gasteiger partial charge in [0.2, 0.25) is 0 Å². The number of amides is 1. The number of alkyl halides is 3. The highest BCUT2D eigenvalue weighted by atomic mass is 19.4. The first-order chi connectivity index (χ1) is 16.7. The minimum absolute atomic E-state index is 0. The smallest absolute Gasteiger partial charge is 0.471 e. The summed E-state index contributed by atoms with van der Waals surface area (Å²) in [4.78, 5) is 11.6. The Kier molecular flexibility index (Phi) is 7.87. The second-order valence-corrected chi connectivity index (χ2v) is 7.83. The second kappa shape index (κ2) is 10.7. The first-order valence-corrected chi connectivity index (χ1v) is 10.6. The van der Waals surface area contributed by atoms with Crippen molar-refractivity contribution < 1.29 is 31.8 Å². The molecule has 2 atom stereocenters. The number of benzene rings is 3. The van der Waals surface area contributed by atoms with Gasteiger partial charge in [-0.15, -0.1) is 0 Å². The van der Waals surface area contributed by atoms with E-state index in [1.165, 1.54) is 26.2 Å². The molecule has 0 radical (unpaired) electrons. The zero-order valence-electron chi connectivity index (χ0n) is 18.7. The standard InChI is InChI=1S/C25H21F4N3O3.CH4/c1-15(31-24(33)25(27,28)29)23(16-4-3-5-20(12-16)34-2)35-21-10-11-22-17(13-21)14-30-32(22)19-8-6-18(26)7-9-19;/h3-15,23H,1-2H3,(H,31,33);1H4/t15-,23-;/m0./s1. The molecule has 10 heteroatoms. The van der Waals surface area contributed by atoms with Crippen LogP contribution in [0.3, 0.4) is 0 Å². The van der Waals surface area contributed by atoms with E-state index in [0.29, 0.717) is 28.1 Å². The number of methoxy groups -OCH3 is 1. The number of carbonyl (C=O) groups is 1. The molecule has 1 heterocycles. The van der Waals surface area contributed by atoms with Crippen LogP contribution < -0.4 is 14.8 Å². The second-order valence-electron chi connectivity index (χ2n) is 7.83. The highest BCUT2D eigenvalue weighted by molar-refractivity contribution is 5.82. The van der Waals surface area contributed by atoms with E-state index in [1.807, 2.05) is 5.32 Å². The number of nitrogens with one attached hydrogen (secondary N) is 1. The normalized spacial score (nSPS) is 12.9. The summed E-state index contributed by atoms with van der Waals surface area (Å²) in [6.45, 7) is 1.43. The lowest BCUT2D eigenvalue weighted by Gasteiger charge is -2.27. The van der Waals surface area contributed by atoms with Crippen molar-refractivity contribution in [2.75, 3.05) is 7.11 Å². The van der Waals surface area contributed by atoms with E-state index in [1.54, 1.807) is 65.5 Å². The monoisotopic (exact) mass is 503 g/mol. The van der Waals surface area contributed by atoms with Crippen molar-refractivity contribution in [3.05, 3.63) is 84.3 Å². The largest absolute Gasteiger partial charge is 0.497 e. The molecule has 1 amide bonds. The van der Waals surface area contributed by atoms with Crippen molar-refractivity contribution in [1.82, 2.24) is 15.1 Å². The Bertz CT molecular complexity index is 1340. The maximum atomic E-state index is 13.3. The van der Waals surface area contributed by atoms with Gasteiger partial charge in [-0.05, 0) is 67.1 Å². The van der Waals surface area contributed by atoms with Gasteiger partial charge in [-0.3, -0.25) is 4.79 Å². The van der Waals surface area contributed by atoms with Gasteiger partial charge in [0.25, 0.3) is 0 Å². The summed E-state index contributed by atoms with van der Waals surface area (Å²) in [5.74, 6) is -1.58. The van der Waals surface area contributed by atoms with Crippen LogP contribution in [-0.4, -0.2) is 35.0 Å².